The highest BCUT2D eigenvalue weighted by Crippen LogP contribution is 2.38. The second-order valence-corrected chi connectivity index (χ2v) is 20.7. The van der Waals surface area contributed by atoms with Crippen LogP contribution in [0.1, 0.15) is 207 Å². The number of phosphoric ester groups is 1. The minimum absolute atomic E-state index is 0.0389. The van der Waals surface area contributed by atoms with Crippen LogP contribution in [0.5, 0.6) is 0 Å². The molecule has 1 amide bonds. The molecule has 0 bridgehead atoms. The summed E-state index contributed by atoms with van der Waals surface area (Å²) in [4.78, 5) is 39.8. The first-order chi connectivity index (χ1) is 33.9. The average Bonchev–Trinajstić information content (AvgIpc) is 3.32. The van der Waals surface area contributed by atoms with E-state index in [0.29, 0.717) is 23.9 Å². The summed E-state index contributed by atoms with van der Waals surface area (Å²) < 4.78 is 30.1. The lowest BCUT2D eigenvalue weighted by Crippen LogP contribution is -2.47. The number of allylic oxidation sites excluding steroid dienone is 17. The predicted molar refractivity (Wildman–Crippen MR) is 297 cm³/mol. The summed E-state index contributed by atoms with van der Waals surface area (Å²) in [6.45, 7) is 6.53. The molecular weight excluding hydrogens is 892 g/mol. The lowest BCUT2D eigenvalue weighted by atomic mass is 10.1. The number of carbonyl (C=O) groups is 2. The minimum atomic E-state index is -4.71. The Bertz CT molecular complexity index is 1570. The molecule has 0 rings (SSSR count). The number of amides is 1. The second kappa shape index (κ2) is 49.3. The van der Waals surface area contributed by atoms with Crippen LogP contribution in [0.15, 0.2) is 109 Å². The predicted octanol–water partition coefficient (Wildman–Crippen LogP) is 16.0. The van der Waals surface area contributed by atoms with Crippen molar-refractivity contribution in [1.29, 1.82) is 0 Å². The number of hydrogen-bond acceptors (Lipinski definition) is 7. The van der Waals surface area contributed by atoms with E-state index in [1.807, 2.05) is 27.2 Å². The highest BCUT2D eigenvalue weighted by Gasteiger charge is 2.27. The summed E-state index contributed by atoms with van der Waals surface area (Å²) in [7, 11) is 1.13. The highest BCUT2D eigenvalue weighted by atomic mass is 31.2. The SMILES string of the molecule is CC/C=C\C/C=C\C/C=C\C/C=C\C/C=C\CCCCCC(=O)NC(COP(=O)([O-])OCC[N+](C)(C)C)C(/C=C\CCCCCCCCCCC)OC(=O)CCCCCC/C=C/C/C=C/C/C=C/CC. The zero-order chi connectivity index (χ0) is 51.5. The molecule has 9 nitrogen and oxygen atoms in total. The number of nitrogens with one attached hydrogen (secondary N) is 1. The molecule has 3 atom stereocenters. The van der Waals surface area contributed by atoms with Crippen LogP contribution in [-0.4, -0.2) is 69.4 Å². The molecule has 0 heterocycles. The molecule has 0 radical (unpaired) electrons. The van der Waals surface area contributed by atoms with Crippen molar-refractivity contribution in [3.8, 4) is 0 Å². The molecule has 0 saturated heterocycles. The van der Waals surface area contributed by atoms with E-state index in [4.69, 9.17) is 13.8 Å². The van der Waals surface area contributed by atoms with E-state index < -0.39 is 26.6 Å². The van der Waals surface area contributed by atoms with Gasteiger partial charge in [-0.25, -0.2) is 0 Å². The van der Waals surface area contributed by atoms with Crippen LogP contribution in [0, 0.1) is 0 Å². The first-order valence-electron chi connectivity index (χ1n) is 27.7. The Hall–Kier alpha value is -3.33. The Morgan fingerprint density at radius 2 is 0.914 bits per heavy atom. The first-order valence-corrected chi connectivity index (χ1v) is 29.2. The molecule has 0 aromatic rings. The Labute approximate surface area is 430 Å². The van der Waals surface area contributed by atoms with Gasteiger partial charge in [-0.15, -0.1) is 0 Å². The molecule has 0 fully saturated rings. The third-order valence-corrected chi connectivity index (χ3v) is 12.4. The van der Waals surface area contributed by atoms with Crippen LogP contribution < -0.4 is 10.2 Å². The molecule has 0 aromatic heterocycles. The monoisotopic (exact) mass is 995 g/mol. The Balaban J connectivity index is 5.44. The molecule has 0 aliphatic carbocycles. The van der Waals surface area contributed by atoms with Gasteiger partial charge >= 0.3 is 5.97 Å². The van der Waals surface area contributed by atoms with Gasteiger partial charge in [-0.05, 0) is 109 Å². The molecule has 0 aliphatic heterocycles. The number of esters is 1. The normalized spacial score (nSPS) is 14.7. The number of likely N-dealkylation sites (N-methyl/N-ethyl adjacent to an activating group) is 1. The molecule has 0 aliphatic rings. The third-order valence-electron chi connectivity index (χ3n) is 11.4. The van der Waals surface area contributed by atoms with Crippen molar-refractivity contribution >= 4 is 19.7 Å². The summed E-state index contributed by atoms with van der Waals surface area (Å²) in [5.41, 5.74) is 0. The number of rotatable bonds is 48. The maximum absolute atomic E-state index is 13.5. The summed E-state index contributed by atoms with van der Waals surface area (Å²) in [6.07, 6.45) is 66.3. The molecule has 0 aromatic carbocycles. The van der Waals surface area contributed by atoms with E-state index in [2.05, 4.69) is 123 Å². The topological polar surface area (TPSA) is 114 Å². The summed E-state index contributed by atoms with van der Waals surface area (Å²) >= 11 is 0. The number of phosphoric acid groups is 1. The fraction of sp³-hybridized carbons (Fsp3) is 0.667. The lowest BCUT2D eigenvalue weighted by molar-refractivity contribution is -0.870. The van der Waals surface area contributed by atoms with Gasteiger partial charge in [0.25, 0.3) is 7.82 Å². The van der Waals surface area contributed by atoms with Crippen molar-refractivity contribution in [3.05, 3.63) is 109 Å². The average molecular weight is 995 g/mol. The zero-order valence-electron chi connectivity index (χ0n) is 45.4. The van der Waals surface area contributed by atoms with Gasteiger partial charge in [-0.1, -0.05) is 195 Å². The maximum atomic E-state index is 13.5. The van der Waals surface area contributed by atoms with Crippen LogP contribution in [0.3, 0.4) is 0 Å². The van der Waals surface area contributed by atoms with Gasteiger partial charge in [-0.2, -0.15) is 0 Å². The molecule has 400 valence electrons. The number of ether oxygens (including phenoxy) is 1. The van der Waals surface area contributed by atoms with E-state index in [-0.39, 0.29) is 31.3 Å². The molecular formula is C60H103N2O7P. The van der Waals surface area contributed by atoms with Crippen molar-refractivity contribution in [1.82, 2.24) is 5.32 Å². The Morgan fingerprint density at radius 1 is 0.514 bits per heavy atom. The van der Waals surface area contributed by atoms with Crippen LogP contribution in [0.25, 0.3) is 0 Å². The molecule has 70 heavy (non-hydrogen) atoms. The summed E-state index contributed by atoms with van der Waals surface area (Å²) in [5, 5.41) is 2.99. The van der Waals surface area contributed by atoms with Gasteiger partial charge in [0.05, 0.1) is 33.8 Å². The van der Waals surface area contributed by atoms with Crippen LogP contribution in [-0.2, 0) is 27.9 Å². The van der Waals surface area contributed by atoms with E-state index in [0.717, 1.165) is 116 Å². The van der Waals surface area contributed by atoms with Gasteiger partial charge in [0.2, 0.25) is 5.91 Å². The smallest absolute Gasteiger partial charge is 0.306 e. The Morgan fingerprint density at radius 3 is 1.39 bits per heavy atom. The Kier molecular flexibility index (Phi) is 46.9. The second-order valence-electron chi connectivity index (χ2n) is 19.3. The van der Waals surface area contributed by atoms with Crippen molar-refractivity contribution in [3.63, 3.8) is 0 Å². The van der Waals surface area contributed by atoms with Gasteiger partial charge in [0.1, 0.15) is 19.3 Å². The van der Waals surface area contributed by atoms with Gasteiger partial charge in [0, 0.05) is 12.8 Å². The van der Waals surface area contributed by atoms with Gasteiger partial charge in [-0.3, -0.25) is 14.2 Å². The van der Waals surface area contributed by atoms with Crippen molar-refractivity contribution in [2.45, 2.75) is 219 Å². The quantitative estimate of drug-likeness (QED) is 0.0212. The summed E-state index contributed by atoms with van der Waals surface area (Å²) in [6, 6.07) is -0.921. The van der Waals surface area contributed by atoms with Crippen LogP contribution >= 0.6 is 7.82 Å². The van der Waals surface area contributed by atoms with Crippen molar-refractivity contribution < 1.29 is 37.3 Å². The zero-order valence-corrected chi connectivity index (χ0v) is 46.3. The number of quaternary nitrogens is 1. The van der Waals surface area contributed by atoms with Gasteiger partial charge in [0.15, 0.2) is 0 Å². The largest absolute Gasteiger partial charge is 0.756 e. The number of carbonyl (C=O) groups excluding carboxylic acids is 2. The van der Waals surface area contributed by atoms with Gasteiger partial charge < -0.3 is 28.5 Å². The van der Waals surface area contributed by atoms with Crippen molar-refractivity contribution in [2.75, 3.05) is 40.9 Å². The fourth-order valence-corrected chi connectivity index (χ4v) is 7.93. The first kappa shape index (κ1) is 66.7. The van der Waals surface area contributed by atoms with E-state index in [1.54, 1.807) is 6.08 Å². The number of nitrogens with zero attached hydrogens (tertiary/aromatic N) is 1. The highest BCUT2D eigenvalue weighted by molar-refractivity contribution is 7.45. The molecule has 0 saturated carbocycles. The minimum Gasteiger partial charge on any atom is -0.756 e. The molecule has 3 unspecified atom stereocenters. The molecule has 10 heteroatoms. The van der Waals surface area contributed by atoms with Crippen LogP contribution in [0.4, 0.5) is 0 Å². The number of unbranched alkanes of at least 4 members (excludes halogenated alkanes) is 16. The number of hydrogen-bond donors (Lipinski definition) is 1. The standard InChI is InChI=1S/C60H103N2O7P/c1-7-10-13-16-19-22-25-27-29-30-31-32-33-34-37-40-43-46-49-52-59(63)61-57(56-68-70(65,66)67-55-54-62(4,5)6)58(51-48-45-42-39-36-24-21-18-15-12-9-3)69-60(64)53-50-47-44-41-38-35-28-26-23-20-17-14-11-8-2/h10-11,13-14,19-20,22-23,27-29,31-32,34-35,37,48,51,57-58H,7-9,12,15-18,21,24-26,30,33,36,38-47,49-50,52-56H2,1-6H3,(H-,61,63,65,66)/b13-10-,14-11+,22-19-,23-20+,29-27-,32-31-,35-28+,37-34-,51-48-. The third kappa shape index (κ3) is 49.6. The fourth-order valence-electron chi connectivity index (χ4n) is 7.21. The van der Waals surface area contributed by atoms with Crippen LogP contribution in [0.2, 0.25) is 0 Å². The molecule has 1 N–H and O–H groups in total. The molecule has 0 spiro atoms. The lowest BCUT2D eigenvalue weighted by Gasteiger charge is -2.30. The summed E-state index contributed by atoms with van der Waals surface area (Å²) in [5.74, 6) is -0.616. The van der Waals surface area contributed by atoms with Crippen molar-refractivity contribution in [2.24, 2.45) is 0 Å². The van der Waals surface area contributed by atoms with E-state index in [1.165, 1.54) is 44.9 Å². The maximum Gasteiger partial charge on any atom is 0.306 e. The van der Waals surface area contributed by atoms with E-state index in [9.17, 15) is 19.0 Å². The van der Waals surface area contributed by atoms with E-state index >= 15 is 0 Å².